The zero-order valence-corrected chi connectivity index (χ0v) is 5.82. The molecule has 2 heterocycles. The van der Waals surface area contributed by atoms with Crippen molar-refractivity contribution < 1.29 is 19.4 Å². The summed E-state index contributed by atoms with van der Waals surface area (Å²) in [6, 6.07) is 0. The Bertz CT molecular complexity index is 222. The molecule has 0 spiro atoms. The van der Waals surface area contributed by atoms with E-state index in [4.69, 9.17) is 9.84 Å². The van der Waals surface area contributed by atoms with Gasteiger partial charge in [-0.25, -0.2) is 0 Å². The van der Waals surface area contributed by atoms with Gasteiger partial charge in [-0.3, -0.25) is 9.59 Å². The van der Waals surface area contributed by atoms with Crippen molar-refractivity contribution in [3.8, 4) is 0 Å². The minimum Gasteiger partial charge on any atom is -0.481 e. The molecule has 1 N–H and O–H groups in total. The van der Waals surface area contributed by atoms with Gasteiger partial charge in [0.1, 0.15) is 6.10 Å². The lowest BCUT2D eigenvalue weighted by atomic mass is 9.88. The Balaban J connectivity index is 2.18. The van der Waals surface area contributed by atoms with Gasteiger partial charge in [-0.15, -0.1) is 0 Å². The molecule has 0 saturated carbocycles. The highest BCUT2D eigenvalue weighted by molar-refractivity contribution is 5.91. The van der Waals surface area contributed by atoms with Gasteiger partial charge in [0.15, 0.2) is 5.78 Å². The van der Waals surface area contributed by atoms with Crippen molar-refractivity contribution in [1.82, 2.24) is 0 Å². The summed E-state index contributed by atoms with van der Waals surface area (Å²) in [6.45, 7) is 0. The van der Waals surface area contributed by atoms with Crippen LogP contribution in [0.1, 0.15) is 12.8 Å². The summed E-state index contributed by atoms with van der Waals surface area (Å²) >= 11 is 0. The van der Waals surface area contributed by atoms with Crippen molar-refractivity contribution in [2.75, 3.05) is 0 Å². The van der Waals surface area contributed by atoms with Crippen molar-refractivity contribution >= 4 is 11.8 Å². The molecule has 2 aliphatic heterocycles. The van der Waals surface area contributed by atoms with Gasteiger partial charge >= 0.3 is 5.97 Å². The van der Waals surface area contributed by atoms with E-state index in [2.05, 4.69) is 0 Å². The third kappa shape index (κ3) is 0.860. The fourth-order valence-electron chi connectivity index (χ4n) is 1.77. The van der Waals surface area contributed by atoms with Crippen LogP contribution < -0.4 is 0 Å². The molecule has 2 saturated heterocycles. The van der Waals surface area contributed by atoms with Gasteiger partial charge in [0.05, 0.1) is 12.0 Å². The van der Waals surface area contributed by atoms with Crippen molar-refractivity contribution in [2.45, 2.75) is 25.0 Å². The Labute approximate surface area is 63.1 Å². The first-order chi connectivity index (χ1) is 5.18. The van der Waals surface area contributed by atoms with E-state index in [1.165, 1.54) is 0 Å². The predicted octanol–water partition coefficient (Wildman–Crippen LogP) is -0.182. The maximum Gasteiger partial charge on any atom is 0.309 e. The molecule has 4 heteroatoms. The Morgan fingerprint density at radius 3 is 2.73 bits per heavy atom. The Morgan fingerprint density at radius 1 is 1.64 bits per heavy atom. The maximum absolute atomic E-state index is 11.0. The zero-order valence-electron chi connectivity index (χ0n) is 5.82. The molecule has 2 aliphatic rings. The minimum atomic E-state index is -0.912. The molecule has 2 rings (SSSR count). The number of aliphatic carboxylic acids is 1. The fourth-order valence-corrected chi connectivity index (χ4v) is 1.77. The number of fused-ring (bicyclic) bond motifs is 2. The third-order valence-electron chi connectivity index (χ3n) is 2.28. The SMILES string of the molecule is O=C(O)[C@H]1C[C@@H]2CC(=O)[C@H]1O2. The second kappa shape index (κ2) is 2.04. The summed E-state index contributed by atoms with van der Waals surface area (Å²) in [4.78, 5) is 21.5. The van der Waals surface area contributed by atoms with Crippen molar-refractivity contribution in [1.29, 1.82) is 0 Å². The Kier molecular flexibility index (Phi) is 1.26. The van der Waals surface area contributed by atoms with Crippen LogP contribution in [0.5, 0.6) is 0 Å². The van der Waals surface area contributed by atoms with Crippen LogP contribution in [0.15, 0.2) is 0 Å². The summed E-state index contributed by atoms with van der Waals surface area (Å²) < 4.78 is 5.13. The molecule has 0 amide bonds. The number of carbonyl (C=O) groups is 2. The highest BCUT2D eigenvalue weighted by atomic mass is 16.5. The number of hydrogen-bond donors (Lipinski definition) is 1. The molecule has 2 fully saturated rings. The van der Waals surface area contributed by atoms with E-state index < -0.39 is 18.0 Å². The summed E-state index contributed by atoms with van der Waals surface area (Å²) in [5, 5.41) is 8.62. The third-order valence-corrected chi connectivity index (χ3v) is 2.28. The van der Waals surface area contributed by atoms with Crippen LogP contribution in [0.3, 0.4) is 0 Å². The van der Waals surface area contributed by atoms with Crippen LogP contribution in [0.2, 0.25) is 0 Å². The van der Waals surface area contributed by atoms with E-state index in [0.29, 0.717) is 12.8 Å². The monoisotopic (exact) mass is 156 g/mol. The lowest BCUT2D eigenvalue weighted by Crippen LogP contribution is -2.31. The molecule has 3 atom stereocenters. The van der Waals surface area contributed by atoms with Crippen LogP contribution in [-0.2, 0) is 14.3 Å². The number of carboxylic acid groups (broad SMARTS) is 1. The Morgan fingerprint density at radius 2 is 2.36 bits per heavy atom. The summed E-state index contributed by atoms with van der Waals surface area (Å²) in [6.07, 6.45) is 0.159. The van der Waals surface area contributed by atoms with Gasteiger partial charge in [-0.1, -0.05) is 0 Å². The van der Waals surface area contributed by atoms with Gasteiger partial charge in [-0.2, -0.15) is 0 Å². The van der Waals surface area contributed by atoms with Crippen LogP contribution in [0.4, 0.5) is 0 Å². The summed E-state index contributed by atoms with van der Waals surface area (Å²) in [5.74, 6) is -1.54. The second-order valence-electron chi connectivity index (χ2n) is 3.03. The zero-order chi connectivity index (χ0) is 8.01. The molecule has 0 aliphatic carbocycles. The van der Waals surface area contributed by atoms with E-state index in [-0.39, 0.29) is 11.9 Å². The van der Waals surface area contributed by atoms with E-state index in [1.807, 2.05) is 0 Å². The van der Waals surface area contributed by atoms with E-state index in [9.17, 15) is 9.59 Å². The molecule has 0 aromatic rings. The van der Waals surface area contributed by atoms with E-state index >= 15 is 0 Å². The first kappa shape index (κ1) is 6.79. The molecule has 0 radical (unpaired) electrons. The average Bonchev–Trinajstić information content (AvgIpc) is 2.43. The van der Waals surface area contributed by atoms with Gasteiger partial charge in [-0.05, 0) is 6.42 Å². The maximum atomic E-state index is 11.0. The first-order valence-electron chi connectivity index (χ1n) is 3.59. The molecule has 2 bridgehead atoms. The van der Waals surface area contributed by atoms with Crippen LogP contribution in [0, 0.1) is 5.92 Å². The molecule has 0 aromatic heterocycles. The lowest BCUT2D eigenvalue weighted by molar-refractivity contribution is -0.146. The highest BCUT2D eigenvalue weighted by Crippen LogP contribution is 2.36. The quantitative estimate of drug-likeness (QED) is 0.571. The van der Waals surface area contributed by atoms with E-state index in [1.54, 1.807) is 0 Å². The van der Waals surface area contributed by atoms with Crippen molar-refractivity contribution in [3.63, 3.8) is 0 Å². The van der Waals surface area contributed by atoms with Crippen LogP contribution in [-0.4, -0.2) is 29.1 Å². The largest absolute Gasteiger partial charge is 0.481 e. The van der Waals surface area contributed by atoms with Gasteiger partial charge in [0.25, 0.3) is 0 Å². The van der Waals surface area contributed by atoms with Crippen molar-refractivity contribution in [3.05, 3.63) is 0 Å². The second-order valence-corrected chi connectivity index (χ2v) is 3.03. The predicted molar refractivity (Wildman–Crippen MR) is 34.0 cm³/mol. The van der Waals surface area contributed by atoms with E-state index in [0.717, 1.165) is 0 Å². The summed E-state index contributed by atoms with van der Waals surface area (Å²) in [7, 11) is 0. The molecular formula is C7H8O4. The van der Waals surface area contributed by atoms with Crippen LogP contribution in [0.25, 0.3) is 0 Å². The molecule has 60 valence electrons. The Hall–Kier alpha value is -0.900. The lowest BCUT2D eigenvalue weighted by Gasteiger charge is -2.11. The number of hydrogen-bond acceptors (Lipinski definition) is 3. The van der Waals surface area contributed by atoms with Crippen molar-refractivity contribution in [2.24, 2.45) is 5.92 Å². The number of rotatable bonds is 1. The standard InChI is InChI=1S/C7H8O4/c8-5-2-3-1-4(7(9)10)6(5)11-3/h3-4,6H,1-2H2,(H,9,10)/t3-,4+,6+/m1/s1. The number of carboxylic acids is 1. The van der Waals surface area contributed by atoms with Gasteiger partial charge in [0, 0.05) is 6.42 Å². The number of ketones is 1. The minimum absolute atomic E-state index is 0.0475. The topological polar surface area (TPSA) is 63.6 Å². The molecule has 11 heavy (non-hydrogen) atoms. The number of Topliss-reactive ketones (excluding diaryl/α,β-unsaturated/α-hetero) is 1. The summed E-state index contributed by atoms with van der Waals surface area (Å²) in [5.41, 5.74) is 0. The average molecular weight is 156 g/mol. The normalized spacial score (nSPS) is 41.5. The number of ether oxygens (including phenoxy) is 1. The first-order valence-corrected chi connectivity index (χ1v) is 3.59. The van der Waals surface area contributed by atoms with Gasteiger partial charge in [0.2, 0.25) is 0 Å². The highest BCUT2D eigenvalue weighted by Gasteiger charge is 2.50. The molecule has 4 nitrogen and oxygen atoms in total. The molecule has 0 aromatic carbocycles. The van der Waals surface area contributed by atoms with Gasteiger partial charge < -0.3 is 9.84 Å². The number of carbonyl (C=O) groups excluding carboxylic acids is 1. The molecule has 0 unspecified atom stereocenters. The fraction of sp³-hybridized carbons (Fsp3) is 0.714. The molecular weight excluding hydrogens is 148 g/mol. The van der Waals surface area contributed by atoms with Crippen LogP contribution >= 0.6 is 0 Å². The smallest absolute Gasteiger partial charge is 0.309 e.